The predicted molar refractivity (Wildman–Crippen MR) is 128 cm³/mol. The van der Waals surface area contributed by atoms with E-state index in [1.54, 1.807) is 48.2 Å². The molecular weight excluding hydrogens is 416 g/mol. The molecule has 2 heterocycles. The average molecular weight is 443 g/mol. The molecule has 0 spiro atoms. The van der Waals surface area contributed by atoms with E-state index in [1.165, 1.54) is 0 Å². The molecular formula is C26H26N4O3. The molecule has 2 aromatic heterocycles. The molecule has 1 N–H and O–H groups in total. The van der Waals surface area contributed by atoms with Gasteiger partial charge in [-0.3, -0.25) is 14.2 Å². The number of hydrogen-bond donors (Lipinski definition) is 1. The summed E-state index contributed by atoms with van der Waals surface area (Å²) in [6, 6.07) is 18.0. The third-order valence-electron chi connectivity index (χ3n) is 5.53. The number of ether oxygens (including phenoxy) is 1. The fourth-order valence-electron chi connectivity index (χ4n) is 3.73. The molecule has 0 fully saturated rings. The van der Waals surface area contributed by atoms with E-state index in [-0.39, 0.29) is 17.5 Å². The van der Waals surface area contributed by atoms with Crippen LogP contribution in [0, 0.1) is 0 Å². The maximum absolute atomic E-state index is 13.1. The number of nitrogens with zero attached hydrogens (tertiary/aromatic N) is 3. The van der Waals surface area contributed by atoms with Crippen LogP contribution >= 0.6 is 0 Å². The fourth-order valence-corrected chi connectivity index (χ4v) is 3.73. The topological polar surface area (TPSA) is 86.1 Å². The van der Waals surface area contributed by atoms with Crippen molar-refractivity contribution in [2.45, 2.75) is 32.9 Å². The van der Waals surface area contributed by atoms with Crippen molar-refractivity contribution in [1.29, 1.82) is 0 Å². The first kappa shape index (κ1) is 22.2. The van der Waals surface area contributed by atoms with Gasteiger partial charge in [-0.25, -0.2) is 9.97 Å². The van der Waals surface area contributed by atoms with Gasteiger partial charge in [-0.1, -0.05) is 31.2 Å². The smallest absolute Gasteiger partial charge is 0.278 e. The number of hydrogen-bond acceptors (Lipinski definition) is 5. The SMILES string of the molecule is CCCn1c(=O)c(-c2ccc(C(=O)N[C@H](C)c3ccc(OC)cc3)cc2)nc2cccnc21. The number of benzene rings is 2. The van der Waals surface area contributed by atoms with Crippen LogP contribution in [0.2, 0.25) is 0 Å². The summed E-state index contributed by atoms with van der Waals surface area (Å²) >= 11 is 0. The molecule has 7 heteroatoms. The summed E-state index contributed by atoms with van der Waals surface area (Å²) in [6.07, 6.45) is 2.47. The lowest BCUT2D eigenvalue weighted by molar-refractivity contribution is 0.0940. The van der Waals surface area contributed by atoms with Crippen molar-refractivity contribution in [3.8, 4) is 17.0 Å². The molecule has 1 atom stereocenters. The fraction of sp³-hybridized carbons (Fsp3) is 0.231. The molecule has 0 aliphatic carbocycles. The van der Waals surface area contributed by atoms with Gasteiger partial charge in [0, 0.05) is 23.9 Å². The van der Waals surface area contributed by atoms with E-state index in [9.17, 15) is 9.59 Å². The summed E-state index contributed by atoms with van der Waals surface area (Å²) in [7, 11) is 1.62. The van der Waals surface area contributed by atoms with Crippen molar-refractivity contribution in [3.05, 3.63) is 88.3 Å². The highest BCUT2D eigenvalue weighted by molar-refractivity contribution is 5.95. The van der Waals surface area contributed by atoms with E-state index in [0.717, 1.165) is 17.7 Å². The molecule has 2 aromatic carbocycles. The first-order valence-electron chi connectivity index (χ1n) is 10.9. The van der Waals surface area contributed by atoms with Gasteiger partial charge in [0.05, 0.1) is 13.2 Å². The van der Waals surface area contributed by atoms with Crippen molar-refractivity contribution in [1.82, 2.24) is 19.9 Å². The van der Waals surface area contributed by atoms with Crippen LogP contribution in [-0.4, -0.2) is 27.6 Å². The molecule has 0 unspecified atom stereocenters. The van der Waals surface area contributed by atoms with Crippen LogP contribution in [0.4, 0.5) is 0 Å². The van der Waals surface area contributed by atoms with E-state index >= 15 is 0 Å². The minimum absolute atomic E-state index is 0.168. The number of amides is 1. The van der Waals surface area contributed by atoms with Crippen LogP contribution in [0.25, 0.3) is 22.4 Å². The quantitative estimate of drug-likeness (QED) is 0.459. The highest BCUT2D eigenvalue weighted by Gasteiger charge is 2.15. The molecule has 33 heavy (non-hydrogen) atoms. The molecule has 0 saturated heterocycles. The summed E-state index contributed by atoms with van der Waals surface area (Å²) in [5.74, 6) is 0.577. The van der Waals surface area contributed by atoms with Gasteiger partial charge in [0.1, 0.15) is 17.0 Å². The maximum atomic E-state index is 13.1. The summed E-state index contributed by atoms with van der Waals surface area (Å²) < 4.78 is 6.84. The first-order valence-corrected chi connectivity index (χ1v) is 10.9. The minimum Gasteiger partial charge on any atom is -0.497 e. The van der Waals surface area contributed by atoms with Crippen LogP contribution in [0.15, 0.2) is 71.7 Å². The van der Waals surface area contributed by atoms with Gasteiger partial charge in [-0.05, 0) is 55.3 Å². The third-order valence-corrected chi connectivity index (χ3v) is 5.53. The molecule has 0 bridgehead atoms. The average Bonchev–Trinajstić information content (AvgIpc) is 2.85. The van der Waals surface area contributed by atoms with Crippen molar-refractivity contribution < 1.29 is 9.53 Å². The lowest BCUT2D eigenvalue weighted by Gasteiger charge is -2.15. The summed E-state index contributed by atoms with van der Waals surface area (Å²) in [5, 5.41) is 3.00. The number of nitrogens with one attached hydrogen (secondary N) is 1. The molecule has 4 rings (SSSR count). The summed E-state index contributed by atoms with van der Waals surface area (Å²) in [5.41, 5.74) is 3.56. The van der Waals surface area contributed by atoms with Gasteiger partial charge in [0.15, 0.2) is 5.65 Å². The number of carbonyl (C=O) groups excluding carboxylic acids is 1. The number of aryl methyl sites for hydroxylation is 1. The molecule has 0 aliphatic rings. The van der Waals surface area contributed by atoms with Gasteiger partial charge in [-0.15, -0.1) is 0 Å². The lowest BCUT2D eigenvalue weighted by Crippen LogP contribution is -2.26. The molecule has 1 amide bonds. The lowest BCUT2D eigenvalue weighted by atomic mass is 10.1. The van der Waals surface area contributed by atoms with Gasteiger partial charge >= 0.3 is 0 Å². The van der Waals surface area contributed by atoms with E-state index in [1.807, 2.05) is 44.2 Å². The third kappa shape index (κ3) is 4.62. The van der Waals surface area contributed by atoms with Gasteiger partial charge < -0.3 is 10.1 Å². The Kier molecular flexibility index (Phi) is 6.49. The van der Waals surface area contributed by atoms with E-state index in [4.69, 9.17) is 4.74 Å². The van der Waals surface area contributed by atoms with E-state index in [2.05, 4.69) is 15.3 Å². The van der Waals surface area contributed by atoms with Crippen molar-refractivity contribution in [2.24, 2.45) is 0 Å². The Labute approximate surface area is 192 Å². The number of fused-ring (bicyclic) bond motifs is 1. The maximum Gasteiger partial charge on any atom is 0.278 e. The number of carbonyl (C=O) groups is 1. The minimum atomic E-state index is -0.191. The van der Waals surface area contributed by atoms with Crippen LogP contribution in [0.5, 0.6) is 5.75 Å². The Morgan fingerprint density at radius 3 is 2.48 bits per heavy atom. The van der Waals surface area contributed by atoms with Crippen molar-refractivity contribution >= 4 is 17.1 Å². The zero-order valence-corrected chi connectivity index (χ0v) is 18.9. The number of methoxy groups -OCH3 is 1. The summed E-state index contributed by atoms with van der Waals surface area (Å²) in [6.45, 7) is 4.50. The summed E-state index contributed by atoms with van der Waals surface area (Å²) in [4.78, 5) is 34.8. The van der Waals surface area contributed by atoms with Crippen LogP contribution < -0.4 is 15.6 Å². The molecule has 7 nitrogen and oxygen atoms in total. The van der Waals surface area contributed by atoms with E-state index in [0.29, 0.717) is 34.5 Å². The molecule has 0 aliphatic heterocycles. The second-order valence-electron chi connectivity index (χ2n) is 7.81. The van der Waals surface area contributed by atoms with Gasteiger partial charge in [0.2, 0.25) is 0 Å². The highest BCUT2D eigenvalue weighted by atomic mass is 16.5. The monoisotopic (exact) mass is 442 g/mol. The zero-order valence-electron chi connectivity index (χ0n) is 18.9. The second-order valence-corrected chi connectivity index (χ2v) is 7.81. The molecule has 168 valence electrons. The standard InChI is InChI=1S/C26H26N4O3/c1-4-16-30-24-22(6-5-15-27-24)29-23(26(30)32)19-7-9-20(10-8-19)25(31)28-17(2)18-11-13-21(33-3)14-12-18/h5-15,17H,4,16H2,1-3H3,(H,28,31)/t17-/m1/s1. The molecule has 0 saturated carbocycles. The first-order chi connectivity index (χ1) is 16.0. The Bertz CT molecular complexity index is 1330. The van der Waals surface area contributed by atoms with Crippen LogP contribution in [0.3, 0.4) is 0 Å². The van der Waals surface area contributed by atoms with Gasteiger partial charge in [0.25, 0.3) is 11.5 Å². The van der Waals surface area contributed by atoms with Crippen molar-refractivity contribution in [2.75, 3.05) is 7.11 Å². The van der Waals surface area contributed by atoms with Crippen LogP contribution in [-0.2, 0) is 6.54 Å². The Hall–Kier alpha value is -4.00. The largest absolute Gasteiger partial charge is 0.497 e. The number of aromatic nitrogens is 3. The number of pyridine rings is 1. The molecule has 4 aromatic rings. The Balaban J connectivity index is 1.58. The zero-order chi connectivity index (χ0) is 23.4. The van der Waals surface area contributed by atoms with Crippen molar-refractivity contribution in [3.63, 3.8) is 0 Å². The second kappa shape index (κ2) is 9.65. The molecule has 0 radical (unpaired) electrons. The number of rotatable bonds is 7. The predicted octanol–water partition coefficient (Wildman–Crippen LogP) is 4.37. The Morgan fingerprint density at radius 2 is 1.82 bits per heavy atom. The van der Waals surface area contributed by atoms with Gasteiger partial charge in [-0.2, -0.15) is 0 Å². The normalized spacial score (nSPS) is 11.8. The highest BCUT2D eigenvalue weighted by Crippen LogP contribution is 2.20. The Morgan fingerprint density at radius 1 is 1.09 bits per heavy atom. The van der Waals surface area contributed by atoms with Crippen LogP contribution in [0.1, 0.15) is 42.2 Å². The van der Waals surface area contributed by atoms with E-state index < -0.39 is 0 Å².